The van der Waals surface area contributed by atoms with Crippen molar-refractivity contribution < 1.29 is 0 Å². The summed E-state index contributed by atoms with van der Waals surface area (Å²) < 4.78 is 0. The fourth-order valence-corrected chi connectivity index (χ4v) is 2.72. The number of aliphatic imine (C=N–C) groups is 1. The van der Waals surface area contributed by atoms with Gasteiger partial charge in [0.15, 0.2) is 5.96 Å². The van der Waals surface area contributed by atoms with Gasteiger partial charge in [-0.05, 0) is 34.9 Å². The molecule has 0 aliphatic carbocycles. The van der Waals surface area contributed by atoms with E-state index in [1.54, 1.807) is 6.20 Å². The average Bonchev–Trinajstić information content (AvgIpc) is 2.73. The SMILES string of the molecule is I.N#Cc1ccccc1-c1ccc(CN=C(N)NCCc2ccccn2)cc1. The maximum Gasteiger partial charge on any atom is 0.188 e. The second-order valence-corrected chi connectivity index (χ2v) is 6.05. The van der Waals surface area contributed by atoms with E-state index in [0.717, 1.165) is 28.8 Å². The van der Waals surface area contributed by atoms with Crippen LogP contribution < -0.4 is 11.1 Å². The zero-order valence-electron chi connectivity index (χ0n) is 15.4. The summed E-state index contributed by atoms with van der Waals surface area (Å²) in [6.45, 7) is 1.19. The van der Waals surface area contributed by atoms with Gasteiger partial charge in [-0.25, -0.2) is 4.99 Å². The Kier molecular flexibility index (Phi) is 8.43. The van der Waals surface area contributed by atoms with Crippen molar-refractivity contribution in [1.29, 1.82) is 5.26 Å². The van der Waals surface area contributed by atoms with Gasteiger partial charge in [-0.15, -0.1) is 24.0 Å². The quantitative estimate of drug-likeness (QED) is 0.317. The normalized spacial score (nSPS) is 10.6. The standard InChI is InChI=1S/C22H21N5.HI/c23-15-19-5-1-2-7-21(19)18-10-8-17(9-11-18)16-27-22(24)26-14-12-20-6-3-4-13-25-20;/h1-11,13H,12,14,16H2,(H3,24,26,27);1H. The minimum atomic E-state index is 0. The lowest BCUT2D eigenvalue weighted by molar-refractivity contribution is 0.827. The molecule has 0 saturated carbocycles. The van der Waals surface area contributed by atoms with E-state index in [4.69, 9.17) is 5.73 Å². The molecule has 0 saturated heterocycles. The van der Waals surface area contributed by atoms with Crippen molar-refractivity contribution in [3.63, 3.8) is 0 Å². The predicted molar refractivity (Wildman–Crippen MR) is 123 cm³/mol. The molecule has 3 rings (SSSR count). The molecule has 0 bridgehead atoms. The molecule has 0 amide bonds. The molecule has 3 aromatic rings. The van der Waals surface area contributed by atoms with Gasteiger partial charge in [0.05, 0.1) is 18.2 Å². The maximum atomic E-state index is 9.23. The summed E-state index contributed by atoms with van der Waals surface area (Å²) in [6.07, 6.45) is 2.58. The molecule has 142 valence electrons. The van der Waals surface area contributed by atoms with E-state index in [9.17, 15) is 5.26 Å². The van der Waals surface area contributed by atoms with Crippen LogP contribution in [-0.4, -0.2) is 17.5 Å². The Morgan fingerprint density at radius 3 is 2.50 bits per heavy atom. The number of nitrogens with zero attached hydrogens (tertiary/aromatic N) is 3. The first kappa shape index (κ1) is 21.4. The van der Waals surface area contributed by atoms with Gasteiger partial charge < -0.3 is 11.1 Å². The molecule has 1 aromatic heterocycles. The molecule has 5 nitrogen and oxygen atoms in total. The zero-order valence-corrected chi connectivity index (χ0v) is 17.7. The number of pyridine rings is 1. The number of halogens is 1. The van der Waals surface area contributed by atoms with Crippen LogP contribution in [0.15, 0.2) is 77.9 Å². The third-order valence-electron chi connectivity index (χ3n) is 4.16. The Bertz CT molecular complexity index is 947. The summed E-state index contributed by atoms with van der Waals surface area (Å²) in [7, 11) is 0. The largest absolute Gasteiger partial charge is 0.370 e. The molecule has 0 spiro atoms. The molecular formula is C22H22IN5. The first-order chi connectivity index (χ1) is 13.3. The molecule has 0 aliphatic heterocycles. The third-order valence-corrected chi connectivity index (χ3v) is 4.16. The fourth-order valence-electron chi connectivity index (χ4n) is 2.72. The maximum absolute atomic E-state index is 9.23. The number of aromatic nitrogens is 1. The molecule has 0 atom stereocenters. The monoisotopic (exact) mass is 483 g/mol. The summed E-state index contributed by atoms with van der Waals surface area (Å²) in [5.74, 6) is 0.421. The second-order valence-electron chi connectivity index (χ2n) is 6.05. The summed E-state index contributed by atoms with van der Waals surface area (Å²) in [4.78, 5) is 8.65. The van der Waals surface area contributed by atoms with Gasteiger partial charge >= 0.3 is 0 Å². The van der Waals surface area contributed by atoms with Crippen molar-refractivity contribution in [3.05, 3.63) is 89.7 Å². The zero-order chi connectivity index (χ0) is 18.9. The van der Waals surface area contributed by atoms with Crippen LogP contribution >= 0.6 is 24.0 Å². The smallest absolute Gasteiger partial charge is 0.188 e. The van der Waals surface area contributed by atoms with Gasteiger partial charge in [0.1, 0.15) is 0 Å². The molecule has 28 heavy (non-hydrogen) atoms. The summed E-state index contributed by atoms with van der Waals surface area (Å²) >= 11 is 0. The molecule has 3 N–H and O–H groups in total. The molecule has 0 radical (unpaired) electrons. The van der Waals surface area contributed by atoms with Gasteiger partial charge in [-0.2, -0.15) is 5.26 Å². The molecule has 0 unspecified atom stereocenters. The Balaban J connectivity index is 0.00000280. The molecule has 6 heteroatoms. The lowest BCUT2D eigenvalue weighted by Crippen LogP contribution is -2.33. The highest BCUT2D eigenvalue weighted by molar-refractivity contribution is 14.0. The first-order valence-electron chi connectivity index (χ1n) is 8.78. The van der Waals surface area contributed by atoms with Crippen molar-refractivity contribution in [2.24, 2.45) is 10.7 Å². The van der Waals surface area contributed by atoms with E-state index in [-0.39, 0.29) is 24.0 Å². The van der Waals surface area contributed by atoms with Crippen LogP contribution in [0.3, 0.4) is 0 Å². The van der Waals surface area contributed by atoms with Crippen molar-refractivity contribution in [3.8, 4) is 17.2 Å². The Labute approximate surface area is 182 Å². The minimum absolute atomic E-state index is 0. The van der Waals surface area contributed by atoms with Crippen molar-refractivity contribution >= 4 is 29.9 Å². The summed E-state index contributed by atoms with van der Waals surface area (Å²) in [5.41, 5.74) is 10.6. The number of guanidine groups is 1. The van der Waals surface area contributed by atoms with Gasteiger partial charge in [-0.3, -0.25) is 4.98 Å². The van der Waals surface area contributed by atoms with Crippen molar-refractivity contribution in [2.75, 3.05) is 6.54 Å². The molecule has 1 heterocycles. The number of hydrogen-bond acceptors (Lipinski definition) is 3. The summed E-state index contributed by atoms with van der Waals surface area (Å²) in [5, 5.41) is 12.3. The van der Waals surface area contributed by atoms with Crippen LogP contribution in [0.2, 0.25) is 0 Å². The van der Waals surface area contributed by atoms with Crippen LogP contribution in [0.5, 0.6) is 0 Å². The van der Waals surface area contributed by atoms with Crippen molar-refractivity contribution in [1.82, 2.24) is 10.3 Å². The second kappa shape index (κ2) is 11.0. The predicted octanol–water partition coefficient (Wildman–Crippen LogP) is 3.89. The number of benzene rings is 2. The summed E-state index contributed by atoms with van der Waals surface area (Å²) in [6, 6.07) is 23.7. The Morgan fingerprint density at radius 2 is 1.79 bits per heavy atom. The molecular weight excluding hydrogens is 461 g/mol. The molecule has 0 aliphatic rings. The van der Waals surface area contributed by atoms with Crippen LogP contribution in [-0.2, 0) is 13.0 Å². The van der Waals surface area contributed by atoms with E-state index in [1.165, 1.54) is 0 Å². The van der Waals surface area contributed by atoms with E-state index in [1.807, 2.05) is 66.7 Å². The number of nitriles is 1. The third kappa shape index (κ3) is 6.06. The van der Waals surface area contributed by atoms with E-state index < -0.39 is 0 Å². The van der Waals surface area contributed by atoms with Crippen molar-refractivity contribution in [2.45, 2.75) is 13.0 Å². The Morgan fingerprint density at radius 1 is 1.04 bits per heavy atom. The average molecular weight is 483 g/mol. The number of hydrogen-bond donors (Lipinski definition) is 2. The number of nitrogens with one attached hydrogen (secondary N) is 1. The highest BCUT2D eigenvalue weighted by atomic mass is 127. The lowest BCUT2D eigenvalue weighted by atomic mass is 9.99. The molecule has 0 fully saturated rings. The van der Waals surface area contributed by atoms with E-state index >= 15 is 0 Å². The number of rotatable bonds is 6. The highest BCUT2D eigenvalue weighted by Crippen LogP contribution is 2.23. The van der Waals surface area contributed by atoms with Gasteiger partial charge in [0.25, 0.3) is 0 Å². The van der Waals surface area contributed by atoms with Crippen LogP contribution in [0, 0.1) is 11.3 Å². The molecule has 2 aromatic carbocycles. The van der Waals surface area contributed by atoms with Crippen LogP contribution in [0.25, 0.3) is 11.1 Å². The van der Waals surface area contributed by atoms with Crippen LogP contribution in [0.1, 0.15) is 16.8 Å². The fraction of sp³-hybridized carbons (Fsp3) is 0.136. The number of nitrogens with two attached hydrogens (primary N) is 1. The first-order valence-corrected chi connectivity index (χ1v) is 8.78. The highest BCUT2D eigenvalue weighted by Gasteiger charge is 2.04. The van der Waals surface area contributed by atoms with E-state index in [2.05, 4.69) is 21.4 Å². The topological polar surface area (TPSA) is 87.1 Å². The lowest BCUT2D eigenvalue weighted by Gasteiger charge is -2.07. The van der Waals surface area contributed by atoms with Gasteiger partial charge in [0.2, 0.25) is 0 Å². The van der Waals surface area contributed by atoms with E-state index in [0.29, 0.717) is 24.6 Å². The minimum Gasteiger partial charge on any atom is -0.370 e. The van der Waals surface area contributed by atoms with Gasteiger partial charge in [-0.1, -0.05) is 48.5 Å². The van der Waals surface area contributed by atoms with Gasteiger partial charge in [0, 0.05) is 24.9 Å². The Hall–Kier alpha value is -2.92. The van der Waals surface area contributed by atoms with Crippen LogP contribution in [0.4, 0.5) is 0 Å².